The highest BCUT2D eigenvalue weighted by Gasteiger charge is 2.15. The zero-order valence-electron chi connectivity index (χ0n) is 11.7. The number of ether oxygens (including phenoxy) is 1. The maximum Gasteiger partial charge on any atom is 0.187 e. The lowest BCUT2D eigenvalue weighted by Crippen LogP contribution is -3.12. The molecule has 0 radical (unpaired) electrons. The molecule has 1 aromatic carbocycles. The van der Waals surface area contributed by atoms with Gasteiger partial charge in [0.15, 0.2) is 5.13 Å². The van der Waals surface area contributed by atoms with E-state index in [1.165, 1.54) is 11.3 Å². The maximum atomic E-state index is 5.38. The van der Waals surface area contributed by atoms with Gasteiger partial charge in [0.1, 0.15) is 25.3 Å². The SMILES string of the molecule is Cc1ccc(Nc2nc(C[NH+]3CCOCC3)cs2)cc1. The molecule has 20 heavy (non-hydrogen) atoms. The summed E-state index contributed by atoms with van der Waals surface area (Å²) in [5, 5.41) is 6.48. The quantitative estimate of drug-likeness (QED) is 0.898. The van der Waals surface area contributed by atoms with Crippen molar-refractivity contribution in [3.63, 3.8) is 0 Å². The van der Waals surface area contributed by atoms with E-state index >= 15 is 0 Å². The van der Waals surface area contributed by atoms with Gasteiger partial charge in [0.25, 0.3) is 0 Å². The van der Waals surface area contributed by atoms with Gasteiger partial charge in [-0.05, 0) is 19.1 Å². The van der Waals surface area contributed by atoms with Gasteiger partial charge in [-0.15, -0.1) is 11.3 Å². The first kappa shape index (κ1) is 13.5. The highest BCUT2D eigenvalue weighted by atomic mass is 32.1. The van der Waals surface area contributed by atoms with Gasteiger partial charge in [0, 0.05) is 11.1 Å². The molecule has 0 spiro atoms. The predicted molar refractivity (Wildman–Crippen MR) is 81.8 cm³/mol. The van der Waals surface area contributed by atoms with Crippen molar-refractivity contribution in [2.24, 2.45) is 0 Å². The van der Waals surface area contributed by atoms with Crippen LogP contribution in [0.4, 0.5) is 10.8 Å². The molecule has 1 aliphatic heterocycles. The van der Waals surface area contributed by atoms with Crippen LogP contribution in [0.1, 0.15) is 11.3 Å². The van der Waals surface area contributed by atoms with Gasteiger partial charge in [0.05, 0.1) is 13.2 Å². The second-order valence-corrected chi connectivity index (χ2v) is 6.03. The van der Waals surface area contributed by atoms with Crippen LogP contribution in [0.25, 0.3) is 0 Å². The van der Waals surface area contributed by atoms with Crippen molar-refractivity contribution >= 4 is 22.2 Å². The number of anilines is 2. The summed E-state index contributed by atoms with van der Waals surface area (Å²) >= 11 is 1.67. The summed E-state index contributed by atoms with van der Waals surface area (Å²) in [5.74, 6) is 0. The number of aryl methyl sites for hydroxylation is 1. The number of nitrogens with zero attached hydrogens (tertiary/aromatic N) is 1. The zero-order valence-corrected chi connectivity index (χ0v) is 12.5. The summed E-state index contributed by atoms with van der Waals surface area (Å²) in [6, 6.07) is 8.39. The molecular weight excluding hydrogens is 270 g/mol. The highest BCUT2D eigenvalue weighted by molar-refractivity contribution is 7.13. The first-order valence-corrected chi connectivity index (χ1v) is 7.87. The number of morpholine rings is 1. The van der Waals surface area contributed by atoms with Crippen molar-refractivity contribution in [1.29, 1.82) is 0 Å². The van der Waals surface area contributed by atoms with Crippen molar-refractivity contribution in [3.05, 3.63) is 40.9 Å². The fourth-order valence-corrected chi connectivity index (χ4v) is 3.03. The monoisotopic (exact) mass is 290 g/mol. The summed E-state index contributed by atoms with van der Waals surface area (Å²) in [4.78, 5) is 6.23. The number of rotatable bonds is 4. The fourth-order valence-electron chi connectivity index (χ4n) is 2.30. The Hall–Kier alpha value is -1.43. The summed E-state index contributed by atoms with van der Waals surface area (Å²) < 4.78 is 5.38. The van der Waals surface area contributed by atoms with Crippen molar-refractivity contribution < 1.29 is 9.64 Å². The zero-order chi connectivity index (χ0) is 13.8. The summed E-state index contributed by atoms with van der Waals surface area (Å²) in [6.45, 7) is 6.99. The van der Waals surface area contributed by atoms with Gasteiger partial charge < -0.3 is 15.0 Å². The van der Waals surface area contributed by atoms with Crippen LogP contribution in [0, 0.1) is 6.92 Å². The van der Waals surface area contributed by atoms with E-state index in [0.29, 0.717) is 0 Å². The van der Waals surface area contributed by atoms with Gasteiger partial charge >= 0.3 is 0 Å². The van der Waals surface area contributed by atoms with E-state index < -0.39 is 0 Å². The number of hydrogen-bond donors (Lipinski definition) is 2. The molecule has 0 atom stereocenters. The molecular formula is C15H20N3OS+. The minimum absolute atomic E-state index is 0.869. The smallest absolute Gasteiger partial charge is 0.187 e. The lowest BCUT2D eigenvalue weighted by atomic mass is 10.2. The molecule has 1 aliphatic rings. The Labute approximate surface area is 123 Å². The van der Waals surface area contributed by atoms with E-state index in [1.54, 1.807) is 16.2 Å². The summed E-state index contributed by atoms with van der Waals surface area (Å²) in [6.07, 6.45) is 0. The largest absolute Gasteiger partial charge is 0.370 e. The molecule has 0 aliphatic carbocycles. The Morgan fingerprint density at radius 3 is 2.75 bits per heavy atom. The minimum atomic E-state index is 0.869. The molecule has 0 unspecified atom stereocenters. The second-order valence-electron chi connectivity index (χ2n) is 5.17. The lowest BCUT2D eigenvalue weighted by molar-refractivity contribution is -0.921. The standard InChI is InChI=1S/C15H19N3OS/c1-12-2-4-13(5-3-12)16-15-17-14(11-20-15)10-18-6-8-19-9-7-18/h2-5,11H,6-10H2,1H3,(H,16,17)/p+1. The molecule has 5 heteroatoms. The number of hydrogen-bond acceptors (Lipinski definition) is 4. The van der Waals surface area contributed by atoms with Gasteiger partial charge in [-0.1, -0.05) is 17.7 Å². The van der Waals surface area contributed by atoms with Crippen LogP contribution in [-0.4, -0.2) is 31.3 Å². The molecule has 2 N–H and O–H groups in total. The van der Waals surface area contributed by atoms with Crippen LogP contribution < -0.4 is 10.2 Å². The summed E-state index contributed by atoms with van der Waals surface area (Å²) in [7, 11) is 0. The average Bonchev–Trinajstić information content (AvgIpc) is 2.90. The minimum Gasteiger partial charge on any atom is -0.370 e. The molecule has 3 rings (SSSR count). The number of nitrogens with one attached hydrogen (secondary N) is 2. The molecule has 1 aromatic heterocycles. The molecule has 1 saturated heterocycles. The van der Waals surface area contributed by atoms with E-state index in [2.05, 4.69) is 46.9 Å². The highest BCUT2D eigenvalue weighted by Crippen LogP contribution is 2.20. The fraction of sp³-hybridized carbons (Fsp3) is 0.400. The molecule has 0 bridgehead atoms. The lowest BCUT2D eigenvalue weighted by Gasteiger charge is -2.22. The molecule has 4 nitrogen and oxygen atoms in total. The van der Waals surface area contributed by atoms with Gasteiger partial charge in [0.2, 0.25) is 0 Å². The Balaban J connectivity index is 1.60. The van der Waals surface area contributed by atoms with Gasteiger partial charge in [-0.25, -0.2) is 4.98 Å². The van der Waals surface area contributed by atoms with Crippen LogP contribution in [0.5, 0.6) is 0 Å². The van der Waals surface area contributed by atoms with Crippen LogP contribution in [-0.2, 0) is 11.3 Å². The van der Waals surface area contributed by atoms with E-state index in [1.807, 2.05) is 0 Å². The third-order valence-corrected chi connectivity index (χ3v) is 4.29. The van der Waals surface area contributed by atoms with E-state index in [0.717, 1.165) is 43.7 Å². The molecule has 1 fully saturated rings. The molecule has 0 amide bonds. The number of aromatic nitrogens is 1. The maximum absolute atomic E-state index is 5.38. The van der Waals surface area contributed by atoms with E-state index in [4.69, 9.17) is 4.74 Å². The Kier molecular flexibility index (Phi) is 4.30. The normalized spacial score (nSPS) is 16.2. The van der Waals surface area contributed by atoms with Crippen LogP contribution >= 0.6 is 11.3 Å². The van der Waals surface area contributed by atoms with Crippen LogP contribution in [0.2, 0.25) is 0 Å². The predicted octanol–water partition coefficient (Wildman–Crippen LogP) is 1.61. The van der Waals surface area contributed by atoms with Crippen molar-refractivity contribution in [3.8, 4) is 0 Å². The number of benzene rings is 1. The first-order chi connectivity index (χ1) is 9.79. The van der Waals surface area contributed by atoms with Gasteiger partial charge in [-0.2, -0.15) is 0 Å². The number of thiazole rings is 1. The second kappa shape index (κ2) is 6.35. The van der Waals surface area contributed by atoms with Crippen molar-refractivity contribution in [2.45, 2.75) is 13.5 Å². The van der Waals surface area contributed by atoms with E-state index in [-0.39, 0.29) is 0 Å². The molecule has 2 heterocycles. The first-order valence-electron chi connectivity index (χ1n) is 6.99. The Bertz CT molecular complexity index is 547. The van der Waals surface area contributed by atoms with Crippen LogP contribution in [0.3, 0.4) is 0 Å². The summed E-state index contributed by atoms with van der Waals surface area (Å²) in [5.41, 5.74) is 3.53. The van der Waals surface area contributed by atoms with Crippen molar-refractivity contribution in [2.75, 3.05) is 31.6 Å². The van der Waals surface area contributed by atoms with Crippen molar-refractivity contribution in [1.82, 2.24) is 4.98 Å². The third kappa shape index (κ3) is 3.56. The van der Waals surface area contributed by atoms with E-state index in [9.17, 15) is 0 Å². The van der Waals surface area contributed by atoms with Gasteiger partial charge in [-0.3, -0.25) is 0 Å². The molecule has 2 aromatic rings. The number of quaternary nitrogens is 1. The third-order valence-electron chi connectivity index (χ3n) is 3.49. The topological polar surface area (TPSA) is 38.6 Å². The molecule has 0 saturated carbocycles. The average molecular weight is 290 g/mol. The molecule has 106 valence electrons. The Morgan fingerprint density at radius 1 is 1.25 bits per heavy atom. The van der Waals surface area contributed by atoms with Crippen LogP contribution in [0.15, 0.2) is 29.6 Å². The Morgan fingerprint density at radius 2 is 2.00 bits per heavy atom.